The van der Waals surface area contributed by atoms with Crippen LogP contribution >= 0.6 is 11.3 Å². The smallest absolute Gasteiger partial charge is 0.134 e. The highest BCUT2D eigenvalue weighted by Crippen LogP contribution is 2.32. The van der Waals surface area contributed by atoms with E-state index in [1.807, 2.05) is 54.6 Å². The first kappa shape index (κ1) is 16.7. The summed E-state index contributed by atoms with van der Waals surface area (Å²) in [7, 11) is 1.66. The van der Waals surface area contributed by atoms with Gasteiger partial charge in [-0.25, -0.2) is 10.4 Å². The number of benzene rings is 2. The molecule has 0 saturated carbocycles. The van der Waals surface area contributed by atoms with Crippen LogP contribution in [0.1, 0.15) is 16.6 Å². The van der Waals surface area contributed by atoms with Crippen LogP contribution in [-0.2, 0) is 0 Å². The Morgan fingerprint density at radius 1 is 1.27 bits per heavy atom. The van der Waals surface area contributed by atoms with Gasteiger partial charge >= 0.3 is 0 Å². The zero-order valence-electron chi connectivity index (χ0n) is 14.3. The lowest BCUT2D eigenvalue weighted by atomic mass is 9.93. The van der Waals surface area contributed by atoms with Gasteiger partial charge in [0.1, 0.15) is 16.8 Å². The van der Waals surface area contributed by atoms with Crippen LogP contribution in [0.5, 0.6) is 5.75 Å². The predicted octanol–water partition coefficient (Wildman–Crippen LogP) is 3.68. The number of ether oxygens (including phenoxy) is 1. The molecule has 1 fully saturated rings. The number of hydrazine groups is 1. The molecule has 0 radical (unpaired) electrons. The third-order valence-corrected chi connectivity index (χ3v) is 5.59. The number of allylic oxidation sites excluding steroid dienone is 1. The Balaban J connectivity index is 1.64. The molecule has 26 heavy (non-hydrogen) atoms. The summed E-state index contributed by atoms with van der Waals surface area (Å²) in [4.78, 5) is 4.62. The minimum absolute atomic E-state index is 0.0960. The van der Waals surface area contributed by atoms with Gasteiger partial charge in [0.2, 0.25) is 0 Å². The fourth-order valence-corrected chi connectivity index (χ4v) is 4.11. The van der Waals surface area contributed by atoms with Gasteiger partial charge < -0.3 is 4.74 Å². The fraction of sp³-hybridized carbons (Fsp3) is 0.200. The topological polar surface area (TPSA) is 70.0 Å². The van der Waals surface area contributed by atoms with Crippen LogP contribution in [0, 0.1) is 17.2 Å². The van der Waals surface area contributed by atoms with E-state index in [9.17, 15) is 5.26 Å². The molecular formula is C20H18N4OS. The Morgan fingerprint density at radius 2 is 2.08 bits per heavy atom. The molecule has 0 spiro atoms. The Hall–Kier alpha value is -2.72. The Kier molecular flexibility index (Phi) is 4.67. The maximum atomic E-state index is 9.68. The fourth-order valence-electron chi connectivity index (χ4n) is 3.17. The number of thiazole rings is 1. The monoisotopic (exact) mass is 362 g/mol. The molecule has 1 saturated heterocycles. The highest BCUT2D eigenvalue weighted by atomic mass is 32.1. The predicted molar refractivity (Wildman–Crippen MR) is 104 cm³/mol. The third kappa shape index (κ3) is 3.20. The molecular weight excluding hydrogens is 344 g/mol. The van der Waals surface area contributed by atoms with E-state index in [-0.39, 0.29) is 12.0 Å². The summed E-state index contributed by atoms with van der Waals surface area (Å²) in [5, 5.41) is 10.5. The molecule has 2 N–H and O–H groups in total. The Bertz CT molecular complexity index is 954. The molecule has 2 aromatic carbocycles. The number of nitriles is 1. The van der Waals surface area contributed by atoms with Gasteiger partial charge in [0.25, 0.3) is 0 Å². The number of nitrogens with zero attached hydrogens (tertiary/aromatic N) is 2. The van der Waals surface area contributed by atoms with Crippen molar-refractivity contribution in [3.05, 3.63) is 65.2 Å². The third-order valence-electron chi connectivity index (χ3n) is 4.52. The summed E-state index contributed by atoms with van der Waals surface area (Å²) < 4.78 is 6.32. The number of hydrogen-bond donors (Lipinski definition) is 2. The molecule has 1 aliphatic rings. The van der Waals surface area contributed by atoms with Gasteiger partial charge in [-0.05, 0) is 29.8 Å². The highest BCUT2D eigenvalue weighted by Gasteiger charge is 2.27. The van der Waals surface area contributed by atoms with Crippen LogP contribution in [0.3, 0.4) is 0 Å². The van der Waals surface area contributed by atoms with E-state index in [1.54, 1.807) is 18.4 Å². The zero-order chi connectivity index (χ0) is 17.9. The van der Waals surface area contributed by atoms with Crippen molar-refractivity contribution in [2.75, 3.05) is 13.7 Å². The van der Waals surface area contributed by atoms with Gasteiger partial charge in [-0.1, -0.05) is 30.3 Å². The van der Waals surface area contributed by atoms with Crippen LogP contribution in [0.4, 0.5) is 0 Å². The Morgan fingerprint density at radius 3 is 2.81 bits per heavy atom. The summed E-state index contributed by atoms with van der Waals surface area (Å²) in [6.07, 6.45) is 2.03. The van der Waals surface area contributed by atoms with Crippen molar-refractivity contribution in [1.82, 2.24) is 15.8 Å². The van der Waals surface area contributed by atoms with Crippen LogP contribution in [-0.4, -0.2) is 18.6 Å². The van der Waals surface area contributed by atoms with Gasteiger partial charge in [-0.2, -0.15) is 5.26 Å². The zero-order valence-corrected chi connectivity index (χ0v) is 15.1. The number of aromatic nitrogens is 1. The molecule has 3 aromatic rings. The molecule has 5 nitrogen and oxygen atoms in total. The lowest BCUT2D eigenvalue weighted by molar-refractivity contribution is 0.414. The molecule has 2 atom stereocenters. The average molecular weight is 362 g/mol. The summed E-state index contributed by atoms with van der Waals surface area (Å²) in [5.41, 5.74) is 9.22. The Labute approximate surface area is 155 Å². The first-order chi connectivity index (χ1) is 12.8. The van der Waals surface area contributed by atoms with Gasteiger partial charge in [-0.3, -0.25) is 5.43 Å². The molecule has 0 bridgehead atoms. The second-order valence-electron chi connectivity index (χ2n) is 6.12. The van der Waals surface area contributed by atoms with Crippen molar-refractivity contribution in [2.24, 2.45) is 5.92 Å². The van der Waals surface area contributed by atoms with E-state index in [0.29, 0.717) is 5.57 Å². The molecule has 1 aliphatic heterocycles. The van der Waals surface area contributed by atoms with E-state index in [1.165, 1.54) is 0 Å². The van der Waals surface area contributed by atoms with Crippen molar-refractivity contribution in [3.8, 4) is 11.8 Å². The maximum absolute atomic E-state index is 9.68. The molecule has 0 amide bonds. The molecule has 2 heterocycles. The molecule has 2 unspecified atom stereocenters. The number of fused-ring (bicyclic) bond motifs is 1. The van der Waals surface area contributed by atoms with Crippen LogP contribution in [0.15, 0.2) is 54.6 Å². The lowest BCUT2D eigenvalue weighted by Gasteiger charge is -2.16. The van der Waals surface area contributed by atoms with Crippen molar-refractivity contribution in [3.63, 3.8) is 0 Å². The quantitative estimate of drug-likeness (QED) is 0.693. The number of rotatable bonds is 4. The van der Waals surface area contributed by atoms with E-state index >= 15 is 0 Å². The molecule has 0 aliphatic carbocycles. The number of methoxy groups -OCH3 is 1. The normalized spacial score (nSPS) is 20.2. The molecule has 4 rings (SSSR count). The molecule has 1 aromatic heterocycles. The van der Waals surface area contributed by atoms with Crippen LogP contribution in [0.25, 0.3) is 15.8 Å². The van der Waals surface area contributed by atoms with Crippen molar-refractivity contribution in [2.45, 2.75) is 6.04 Å². The van der Waals surface area contributed by atoms with E-state index in [0.717, 1.165) is 33.1 Å². The van der Waals surface area contributed by atoms with Gasteiger partial charge in [-0.15, -0.1) is 11.3 Å². The summed E-state index contributed by atoms with van der Waals surface area (Å²) in [6.45, 7) is 0.757. The van der Waals surface area contributed by atoms with Gasteiger partial charge in [0.05, 0.1) is 28.9 Å². The summed E-state index contributed by atoms with van der Waals surface area (Å²) >= 11 is 1.56. The minimum atomic E-state index is 0.0960. The van der Waals surface area contributed by atoms with Gasteiger partial charge in [0, 0.05) is 12.5 Å². The molecule has 6 heteroatoms. The number of hydrogen-bond acceptors (Lipinski definition) is 6. The van der Waals surface area contributed by atoms with Crippen molar-refractivity contribution in [1.29, 1.82) is 5.26 Å². The molecule has 130 valence electrons. The van der Waals surface area contributed by atoms with E-state index < -0.39 is 0 Å². The minimum Gasteiger partial charge on any atom is -0.497 e. The standard InChI is InChI=1S/C20H18N4OS/c1-25-16-8-6-13(7-9-16)19-15(12-22-24-19)10-14(11-21)20-23-17-4-2-3-5-18(17)26-20/h2-10,15,19,22,24H,12H2,1H3/b14-10-. The number of nitrogens with one attached hydrogen (secondary N) is 2. The van der Waals surface area contributed by atoms with Gasteiger partial charge in [0.15, 0.2) is 0 Å². The van der Waals surface area contributed by atoms with E-state index in [2.05, 4.69) is 21.9 Å². The van der Waals surface area contributed by atoms with Crippen LogP contribution < -0.4 is 15.6 Å². The summed E-state index contributed by atoms with van der Waals surface area (Å²) in [6, 6.07) is 18.4. The average Bonchev–Trinajstić information content (AvgIpc) is 3.32. The van der Waals surface area contributed by atoms with Crippen molar-refractivity contribution < 1.29 is 4.74 Å². The SMILES string of the molecule is COc1ccc(C2NNCC2/C=C(/C#N)c2nc3ccccc3s2)cc1. The highest BCUT2D eigenvalue weighted by molar-refractivity contribution is 7.19. The summed E-state index contributed by atoms with van der Waals surface area (Å²) in [5.74, 6) is 0.990. The van der Waals surface area contributed by atoms with Crippen LogP contribution in [0.2, 0.25) is 0 Å². The maximum Gasteiger partial charge on any atom is 0.134 e. The first-order valence-electron chi connectivity index (χ1n) is 8.38. The second kappa shape index (κ2) is 7.26. The second-order valence-corrected chi connectivity index (χ2v) is 7.15. The van der Waals surface area contributed by atoms with E-state index in [4.69, 9.17) is 4.74 Å². The first-order valence-corrected chi connectivity index (χ1v) is 9.20. The number of para-hydroxylation sites is 1. The largest absolute Gasteiger partial charge is 0.497 e. The lowest BCUT2D eigenvalue weighted by Crippen LogP contribution is -2.24. The van der Waals surface area contributed by atoms with Crippen molar-refractivity contribution >= 4 is 27.1 Å².